The third-order valence-electron chi connectivity index (χ3n) is 4.85. The highest BCUT2D eigenvalue weighted by Gasteiger charge is 2.45. The van der Waals surface area contributed by atoms with Crippen LogP contribution >= 0.6 is 0 Å². The Labute approximate surface area is 121 Å². The van der Waals surface area contributed by atoms with Crippen LogP contribution in [-0.2, 0) is 0 Å². The highest BCUT2D eigenvalue weighted by Crippen LogP contribution is 2.52. The first-order chi connectivity index (χ1) is 9.66. The Morgan fingerprint density at radius 3 is 2.35 bits per heavy atom. The van der Waals surface area contributed by atoms with Gasteiger partial charge in [0.25, 0.3) is 0 Å². The molecule has 0 saturated heterocycles. The molecule has 1 aliphatic carbocycles. The average molecular weight is 269 g/mol. The first-order valence-corrected chi connectivity index (χ1v) is 7.42. The van der Waals surface area contributed by atoms with Gasteiger partial charge < -0.3 is 10.0 Å². The van der Waals surface area contributed by atoms with E-state index < -0.39 is 0 Å². The summed E-state index contributed by atoms with van der Waals surface area (Å²) in [5.41, 5.74) is 1.37. The molecule has 2 heteroatoms. The number of aliphatic hydroxyl groups excluding tert-OH is 1. The molecule has 0 heterocycles. The lowest BCUT2D eigenvalue weighted by Crippen LogP contribution is -2.45. The summed E-state index contributed by atoms with van der Waals surface area (Å²) >= 11 is 0. The lowest BCUT2D eigenvalue weighted by Gasteiger charge is -2.49. The van der Waals surface area contributed by atoms with Gasteiger partial charge in [0.05, 0.1) is 6.61 Å². The molecule has 0 radical (unpaired) electrons. The predicted molar refractivity (Wildman–Crippen MR) is 83.7 cm³/mol. The van der Waals surface area contributed by atoms with E-state index in [0.717, 1.165) is 12.8 Å². The van der Waals surface area contributed by atoms with E-state index in [0.29, 0.717) is 6.04 Å². The smallest absolute Gasteiger partial charge is 0.0505 e. The number of benzene rings is 2. The minimum atomic E-state index is 0.0476. The van der Waals surface area contributed by atoms with Crippen LogP contribution in [-0.4, -0.2) is 30.7 Å². The summed E-state index contributed by atoms with van der Waals surface area (Å²) in [5.74, 6) is 0. The summed E-state index contributed by atoms with van der Waals surface area (Å²) in [6.07, 6.45) is 3.48. The predicted octanol–water partition coefficient (Wildman–Crippen LogP) is 3.61. The zero-order valence-corrected chi connectivity index (χ0v) is 12.3. The van der Waals surface area contributed by atoms with Crippen molar-refractivity contribution in [3.63, 3.8) is 0 Å². The Bertz CT molecular complexity index is 596. The molecule has 1 saturated carbocycles. The fourth-order valence-electron chi connectivity index (χ4n) is 3.73. The van der Waals surface area contributed by atoms with E-state index in [9.17, 15) is 5.11 Å². The van der Waals surface area contributed by atoms with E-state index in [2.05, 4.69) is 61.5 Å². The van der Waals surface area contributed by atoms with Gasteiger partial charge in [-0.2, -0.15) is 0 Å². The van der Waals surface area contributed by atoms with E-state index in [1.807, 2.05) is 0 Å². The lowest BCUT2D eigenvalue weighted by atomic mass is 9.62. The fraction of sp³-hybridized carbons (Fsp3) is 0.444. The van der Waals surface area contributed by atoms with Crippen molar-refractivity contribution < 1.29 is 5.11 Å². The molecule has 1 N–H and O–H groups in total. The van der Waals surface area contributed by atoms with Crippen LogP contribution in [0.5, 0.6) is 0 Å². The van der Waals surface area contributed by atoms with Crippen molar-refractivity contribution in [2.45, 2.75) is 25.3 Å². The Kier molecular flexibility index (Phi) is 3.53. The van der Waals surface area contributed by atoms with Gasteiger partial charge in [-0.15, -0.1) is 0 Å². The number of aliphatic hydroxyl groups is 1. The second kappa shape index (κ2) is 5.19. The maximum Gasteiger partial charge on any atom is 0.0505 e. The molecule has 0 bridgehead atoms. The van der Waals surface area contributed by atoms with Crippen molar-refractivity contribution in [3.8, 4) is 0 Å². The van der Waals surface area contributed by atoms with Crippen LogP contribution in [0.4, 0.5) is 0 Å². The number of rotatable bonds is 4. The second-order valence-electron chi connectivity index (χ2n) is 6.35. The molecule has 0 amide bonds. The van der Waals surface area contributed by atoms with Gasteiger partial charge >= 0.3 is 0 Å². The molecular weight excluding hydrogens is 246 g/mol. The summed E-state index contributed by atoms with van der Waals surface area (Å²) in [7, 11) is 4.24. The first-order valence-electron chi connectivity index (χ1n) is 7.42. The number of nitrogens with zero attached hydrogens (tertiary/aromatic N) is 1. The molecule has 0 spiro atoms. The highest BCUT2D eigenvalue weighted by molar-refractivity contribution is 5.83. The zero-order valence-electron chi connectivity index (χ0n) is 12.3. The van der Waals surface area contributed by atoms with Crippen molar-refractivity contribution in [2.24, 2.45) is 5.41 Å². The van der Waals surface area contributed by atoms with E-state index in [1.165, 1.54) is 22.8 Å². The van der Waals surface area contributed by atoms with Gasteiger partial charge in [0.2, 0.25) is 0 Å². The van der Waals surface area contributed by atoms with Gasteiger partial charge in [0.15, 0.2) is 0 Å². The summed E-state index contributed by atoms with van der Waals surface area (Å²) in [6.45, 7) is 0.280. The maximum atomic E-state index is 9.90. The topological polar surface area (TPSA) is 23.5 Å². The molecule has 1 fully saturated rings. The molecule has 106 valence electrons. The molecule has 1 aliphatic rings. The van der Waals surface area contributed by atoms with Crippen molar-refractivity contribution in [1.29, 1.82) is 0 Å². The maximum absolute atomic E-state index is 9.90. The molecule has 1 unspecified atom stereocenters. The minimum Gasteiger partial charge on any atom is -0.396 e. The van der Waals surface area contributed by atoms with Crippen molar-refractivity contribution in [3.05, 3.63) is 48.0 Å². The number of hydrogen-bond acceptors (Lipinski definition) is 2. The largest absolute Gasteiger partial charge is 0.396 e. The Balaban J connectivity index is 2.05. The van der Waals surface area contributed by atoms with Crippen LogP contribution < -0.4 is 0 Å². The minimum absolute atomic E-state index is 0.0476. The second-order valence-corrected chi connectivity index (χ2v) is 6.35. The third-order valence-corrected chi connectivity index (χ3v) is 4.85. The molecule has 1 atom stereocenters. The molecule has 2 aromatic rings. The quantitative estimate of drug-likeness (QED) is 0.916. The van der Waals surface area contributed by atoms with Crippen LogP contribution in [0.2, 0.25) is 0 Å². The van der Waals surface area contributed by atoms with E-state index in [1.54, 1.807) is 0 Å². The van der Waals surface area contributed by atoms with Gasteiger partial charge in [-0.3, -0.25) is 0 Å². The van der Waals surface area contributed by atoms with E-state index in [4.69, 9.17) is 0 Å². The van der Waals surface area contributed by atoms with Crippen molar-refractivity contribution in [1.82, 2.24) is 4.90 Å². The van der Waals surface area contributed by atoms with Crippen molar-refractivity contribution in [2.75, 3.05) is 20.7 Å². The summed E-state index contributed by atoms with van der Waals surface area (Å²) in [6, 6.07) is 15.5. The van der Waals surface area contributed by atoms with Gasteiger partial charge in [-0.25, -0.2) is 0 Å². The standard InChI is InChI=1S/C18H23NO/c1-19(2)17(18(13-20)10-5-11-18)16-9-8-14-6-3-4-7-15(14)12-16/h3-4,6-9,12,17,20H,5,10-11,13H2,1-2H3. The first kappa shape index (κ1) is 13.6. The lowest BCUT2D eigenvalue weighted by molar-refractivity contribution is -0.0308. The summed E-state index contributed by atoms with van der Waals surface area (Å²) < 4.78 is 0. The van der Waals surface area contributed by atoms with Gasteiger partial charge in [-0.1, -0.05) is 42.8 Å². The molecular formula is C18H23NO. The van der Waals surface area contributed by atoms with Crippen molar-refractivity contribution >= 4 is 10.8 Å². The molecule has 0 aliphatic heterocycles. The third kappa shape index (κ3) is 2.13. The monoisotopic (exact) mass is 269 g/mol. The Hall–Kier alpha value is -1.38. The van der Waals surface area contributed by atoms with Crippen LogP contribution in [0.15, 0.2) is 42.5 Å². The molecule has 3 rings (SSSR count). The number of hydrogen-bond donors (Lipinski definition) is 1. The Morgan fingerprint density at radius 2 is 1.80 bits per heavy atom. The van der Waals surface area contributed by atoms with Gasteiger partial charge in [0.1, 0.15) is 0 Å². The zero-order chi connectivity index (χ0) is 14.2. The summed E-state index contributed by atoms with van der Waals surface area (Å²) in [4.78, 5) is 2.26. The molecule has 2 nitrogen and oxygen atoms in total. The Morgan fingerprint density at radius 1 is 1.10 bits per heavy atom. The highest BCUT2D eigenvalue weighted by atomic mass is 16.3. The van der Waals surface area contributed by atoms with Gasteiger partial charge in [-0.05, 0) is 49.3 Å². The van der Waals surface area contributed by atoms with Gasteiger partial charge in [0, 0.05) is 11.5 Å². The van der Waals surface area contributed by atoms with Crippen LogP contribution in [0.3, 0.4) is 0 Å². The normalized spacial score (nSPS) is 19.0. The average Bonchev–Trinajstić information content (AvgIpc) is 2.41. The molecule has 2 aromatic carbocycles. The van der Waals surface area contributed by atoms with Crippen LogP contribution in [0.1, 0.15) is 30.9 Å². The SMILES string of the molecule is CN(C)C(c1ccc2ccccc2c1)C1(CO)CCC1. The summed E-state index contributed by atoms with van der Waals surface area (Å²) in [5, 5.41) is 12.5. The fourth-order valence-corrected chi connectivity index (χ4v) is 3.73. The van der Waals surface area contributed by atoms with E-state index >= 15 is 0 Å². The molecule has 0 aromatic heterocycles. The van der Waals surface area contributed by atoms with Crippen LogP contribution in [0.25, 0.3) is 10.8 Å². The van der Waals surface area contributed by atoms with Crippen LogP contribution in [0, 0.1) is 5.41 Å². The molecule has 20 heavy (non-hydrogen) atoms. The number of fused-ring (bicyclic) bond motifs is 1. The van der Waals surface area contributed by atoms with E-state index in [-0.39, 0.29) is 12.0 Å².